The van der Waals surface area contributed by atoms with Gasteiger partial charge in [0.1, 0.15) is 24.7 Å². The van der Waals surface area contributed by atoms with Gasteiger partial charge in [-0.3, -0.25) is 4.57 Å². The number of hydrogen-bond acceptors (Lipinski definition) is 7. The summed E-state index contributed by atoms with van der Waals surface area (Å²) < 4.78 is 18.8. The number of rotatable bonds is 2. The third-order valence-corrected chi connectivity index (χ3v) is 3.66. The van der Waals surface area contributed by atoms with Crippen LogP contribution in [0.3, 0.4) is 0 Å². The lowest BCUT2D eigenvalue weighted by atomic mass is 9.92. The van der Waals surface area contributed by atoms with Gasteiger partial charge >= 0.3 is 5.69 Å². The summed E-state index contributed by atoms with van der Waals surface area (Å²) in [6.07, 6.45) is -5.51. The molecule has 1 aromatic heterocycles. The standard InChI is InChI=1S/C14H18FN3O5/c1-7-6-9(16)17-13(21)18(7)12-14(22,4-3-5-15)11(20)10(23-12)8(2)19/h6,8,10-12,19-20,22H,5H2,1-2H3,(H2,16,17,21)/t8-,10+,11?,12+,14+/m0/s1. The van der Waals surface area contributed by atoms with Crippen LogP contribution in [0.4, 0.5) is 10.2 Å². The topological polar surface area (TPSA) is 131 Å². The van der Waals surface area contributed by atoms with Gasteiger partial charge in [0, 0.05) is 5.69 Å². The Morgan fingerprint density at radius 1 is 1.65 bits per heavy atom. The lowest BCUT2D eigenvalue weighted by molar-refractivity contribution is -0.0891. The van der Waals surface area contributed by atoms with Crippen LogP contribution in [0.25, 0.3) is 0 Å². The van der Waals surface area contributed by atoms with Gasteiger partial charge in [0.2, 0.25) is 0 Å². The van der Waals surface area contributed by atoms with E-state index in [1.807, 2.05) is 5.92 Å². The highest BCUT2D eigenvalue weighted by atomic mass is 19.1. The second-order valence-corrected chi connectivity index (χ2v) is 5.37. The first-order valence-corrected chi connectivity index (χ1v) is 6.88. The van der Waals surface area contributed by atoms with Crippen LogP contribution in [-0.2, 0) is 4.74 Å². The van der Waals surface area contributed by atoms with Gasteiger partial charge in [0.25, 0.3) is 0 Å². The molecular weight excluding hydrogens is 309 g/mol. The summed E-state index contributed by atoms with van der Waals surface area (Å²) in [5.41, 5.74) is 2.66. The monoisotopic (exact) mass is 327 g/mol. The summed E-state index contributed by atoms with van der Waals surface area (Å²) in [6, 6.07) is 1.37. The van der Waals surface area contributed by atoms with E-state index in [-0.39, 0.29) is 5.82 Å². The Kier molecular flexibility index (Phi) is 4.72. The van der Waals surface area contributed by atoms with E-state index in [1.54, 1.807) is 0 Å². The predicted octanol–water partition coefficient (Wildman–Crippen LogP) is -1.52. The molecule has 23 heavy (non-hydrogen) atoms. The highest BCUT2D eigenvalue weighted by molar-refractivity contribution is 5.30. The number of ether oxygens (including phenoxy) is 1. The van der Waals surface area contributed by atoms with Gasteiger partial charge in [0.05, 0.1) is 6.10 Å². The molecule has 0 aliphatic carbocycles. The van der Waals surface area contributed by atoms with Gasteiger partial charge in [-0.05, 0) is 19.9 Å². The Bertz CT molecular complexity index is 711. The maximum Gasteiger partial charge on any atom is 0.351 e. The number of hydrogen-bond donors (Lipinski definition) is 4. The second kappa shape index (κ2) is 6.25. The van der Waals surface area contributed by atoms with Gasteiger partial charge in [0.15, 0.2) is 11.8 Å². The summed E-state index contributed by atoms with van der Waals surface area (Å²) in [7, 11) is 0. The van der Waals surface area contributed by atoms with E-state index in [1.165, 1.54) is 19.9 Å². The van der Waals surface area contributed by atoms with Crippen LogP contribution in [0, 0.1) is 18.8 Å². The Labute approximate surface area is 131 Å². The molecule has 1 fully saturated rings. The SMILES string of the molecule is Cc1cc(N)nc(=O)n1[C@@H]1O[C@H]([C@H](C)O)C(O)[C@]1(O)C#CCF. The minimum Gasteiger partial charge on any atom is -0.391 e. The molecular formula is C14H18FN3O5. The van der Waals surface area contributed by atoms with Crippen molar-refractivity contribution < 1.29 is 24.4 Å². The lowest BCUT2D eigenvalue weighted by Crippen LogP contribution is -2.49. The highest BCUT2D eigenvalue weighted by Crippen LogP contribution is 2.39. The van der Waals surface area contributed by atoms with E-state index < -0.39 is 42.5 Å². The summed E-state index contributed by atoms with van der Waals surface area (Å²) in [6.45, 7) is 1.80. The Morgan fingerprint density at radius 3 is 2.83 bits per heavy atom. The van der Waals surface area contributed by atoms with Crippen LogP contribution in [0.15, 0.2) is 10.9 Å². The number of nitrogen functional groups attached to an aromatic ring is 1. The zero-order chi connectivity index (χ0) is 17.4. The van der Waals surface area contributed by atoms with Crippen molar-refractivity contribution in [3.05, 3.63) is 22.2 Å². The summed E-state index contributed by atoms with van der Waals surface area (Å²) in [5, 5.41) is 30.6. The number of halogens is 1. The highest BCUT2D eigenvalue weighted by Gasteiger charge is 2.57. The van der Waals surface area contributed by atoms with Crippen molar-refractivity contribution in [2.24, 2.45) is 0 Å². The molecule has 8 nitrogen and oxygen atoms in total. The first-order chi connectivity index (χ1) is 10.7. The molecule has 0 spiro atoms. The molecule has 9 heteroatoms. The average Bonchev–Trinajstić information content (AvgIpc) is 2.70. The first kappa shape index (κ1) is 17.4. The summed E-state index contributed by atoms with van der Waals surface area (Å²) in [4.78, 5) is 15.7. The van der Waals surface area contributed by atoms with Crippen LogP contribution in [0.2, 0.25) is 0 Å². The smallest absolute Gasteiger partial charge is 0.351 e. The molecule has 1 aliphatic heterocycles. The van der Waals surface area contributed by atoms with Crippen molar-refractivity contribution in [1.29, 1.82) is 0 Å². The molecule has 0 radical (unpaired) electrons. The van der Waals surface area contributed by atoms with Crippen molar-refractivity contribution in [2.75, 3.05) is 12.4 Å². The fourth-order valence-corrected chi connectivity index (χ4v) is 2.59. The molecule has 2 rings (SSSR count). The third kappa shape index (κ3) is 2.94. The molecule has 5 atom stereocenters. The molecule has 0 saturated carbocycles. The fraction of sp³-hybridized carbons (Fsp3) is 0.571. The Morgan fingerprint density at radius 2 is 2.30 bits per heavy atom. The van der Waals surface area contributed by atoms with Gasteiger partial charge in [-0.15, -0.1) is 0 Å². The molecule has 0 amide bonds. The van der Waals surface area contributed by atoms with E-state index in [9.17, 15) is 24.5 Å². The van der Waals surface area contributed by atoms with Crippen LogP contribution in [0.1, 0.15) is 18.8 Å². The molecule has 1 aromatic rings. The van der Waals surface area contributed by atoms with Crippen molar-refractivity contribution in [2.45, 2.75) is 44.0 Å². The minimum absolute atomic E-state index is 0.0206. The molecule has 5 N–H and O–H groups in total. The van der Waals surface area contributed by atoms with Crippen molar-refractivity contribution in [1.82, 2.24) is 9.55 Å². The van der Waals surface area contributed by atoms with Crippen LogP contribution in [0.5, 0.6) is 0 Å². The minimum atomic E-state index is -2.29. The number of aromatic nitrogens is 2. The Balaban J connectivity index is 2.61. The Hall–Kier alpha value is -1.99. The number of alkyl halides is 1. The van der Waals surface area contributed by atoms with Crippen LogP contribution >= 0.6 is 0 Å². The molecule has 2 heterocycles. The number of anilines is 1. The predicted molar refractivity (Wildman–Crippen MR) is 77.9 cm³/mol. The summed E-state index contributed by atoms with van der Waals surface area (Å²) in [5.74, 6) is 4.19. The largest absolute Gasteiger partial charge is 0.391 e. The number of nitrogens with two attached hydrogens (primary N) is 1. The number of nitrogens with zero attached hydrogens (tertiary/aromatic N) is 2. The van der Waals surface area contributed by atoms with Gasteiger partial charge in [-0.25, -0.2) is 9.18 Å². The quantitative estimate of drug-likeness (QED) is 0.485. The number of aliphatic hydroxyl groups is 3. The van der Waals surface area contributed by atoms with Gasteiger partial charge in [-0.1, -0.05) is 11.8 Å². The molecule has 1 aliphatic rings. The zero-order valence-electron chi connectivity index (χ0n) is 12.6. The maximum atomic E-state index is 12.4. The van der Waals surface area contributed by atoms with E-state index in [4.69, 9.17) is 10.5 Å². The van der Waals surface area contributed by atoms with E-state index >= 15 is 0 Å². The van der Waals surface area contributed by atoms with Crippen LogP contribution in [-0.4, -0.2) is 55.5 Å². The first-order valence-electron chi connectivity index (χ1n) is 6.88. The third-order valence-electron chi connectivity index (χ3n) is 3.66. The van der Waals surface area contributed by atoms with Gasteiger partial charge in [-0.2, -0.15) is 4.98 Å². The van der Waals surface area contributed by atoms with E-state index in [2.05, 4.69) is 10.9 Å². The zero-order valence-corrected chi connectivity index (χ0v) is 12.6. The van der Waals surface area contributed by atoms with Crippen molar-refractivity contribution >= 4 is 5.82 Å². The van der Waals surface area contributed by atoms with Crippen LogP contribution < -0.4 is 11.4 Å². The number of aliphatic hydroxyl groups excluding tert-OH is 2. The molecule has 1 unspecified atom stereocenters. The second-order valence-electron chi connectivity index (χ2n) is 5.37. The molecule has 1 saturated heterocycles. The fourth-order valence-electron chi connectivity index (χ4n) is 2.59. The van der Waals surface area contributed by atoms with E-state index in [0.29, 0.717) is 5.69 Å². The average molecular weight is 327 g/mol. The molecule has 0 bridgehead atoms. The normalized spacial score (nSPS) is 31.5. The van der Waals surface area contributed by atoms with Crippen molar-refractivity contribution in [3.8, 4) is 11.8 Å². The molecule has 0 aromatic carbocycles. The maximum absolute atomic E-state index is 12.4. The summed E-state index contributed by atoms with van der Waals surface area (Å²) >= 11 is 0. The van der Waals surface area contributed by atoms with Crippen molar-refractivity contribution in [3.63, 3.8) is 0 Å². The molecule has 126 valence electrons. The van der Waals surface area contributed by atoms with Gasteiger partial charge < -0.3 is 25.8 Å². The van der Waals surface area contributed by atoms with E-state index in [0.717, 1.165) is 4.57 Å². The lowest BCUT2D eigenvalue weighted by Gasteiger charge is -2.27. The number of aryl methyl sites for hydroxylation is 1.